The topological polar surface area (TPSA) is 9.23 Å². The Morgan fingerprint density at radius 2 is 1.76 bits per heavy atom. The quantitative estimate of drug-likeness (QED) is 0.576. The number of ether oxygens (including phenoxy) is 1. The second kappa shape index (κ2) is 4.95. The molecular weight excluding hydrogens is 358 g/mol. The van der Waals surface area contributed by atoms with E-state index in [1.165, 1.54) is 6.07 Å². The van der Waals surface area contributed by atoms with Crippen LogP contribution in [-0.4, -0.2) is 18.7 Å². The van der Waals surface area contributed by atoms with Gasteiger partial charge in [0.1, 0.15) is 5.75 Å². The van der Waals surface area contributed by atoms with E-state index in [0.29, 0.717) is 9.13 Å². The highest BCUT2D eigenvalue weighted by molar-refractivity contribution is 14.1. The fourth-order valence-electron chi connectivity index (χ4n) is 0.980. The van der Waals surface area contributed by atoms with Gasteiger partial charge in [-0.25, -0.2) is 0 Å². The molecule has 0 saturated heterocycles. The van der Waals surface area contributed by atoms with E-state index in [4.69, 9.17) is 0 Å². The van der Waals surface area contributed by atoms with Gasteiger partial charge in [0.25, 0.3) is 0 Å². The lowest BCUT2D eigenvalue weighted by molar-refractivity contribution is -0.290. The maximum absolute atomic E-state index is 12.6. The van der Waals surface area contributed by atoms with Crippen LogP contribution in [0.15, 0.2) is 18.2 Å². The van der Waals surface area contributed by atoms with Crippen LogP contribution in [0.5, 0.6) is 5.75 Å². The van der Waals surface area contributed by atoms with Gasteiger partial charge in [-0.1, -0.05) is 6.07 Å². The average molecular weight is 366 g/mol. The summed E-state index contributed by atoms with van der Waals surface area (Å²) in [5, 5.41) is 0. The number of aryl methyl sites for hydroxylation is 1. The molecule has 0 radical (unpaired) electrons. The summed E-state index contributed by atoms with van der Waals surface area (Å²) in [6, 6.07) is 4.69. The second-order valence-corrected chi connectivity index (χ2v) is 4.65. The van der Waals surface area contributed by atoms with Crippen molar-refractivity contribution in [1.29, 1.82) is 0 Å². The molecule has 1 aromatic rings. The Morgan fingerprint density at radius 1 is 1.18 bits per heavy atom. The van der Waals surface area contributed by atoms with Crippen molar-refractivity contribution >= 4 is 22.6 Å². The van der Waals surface area contributed by atoms with E-state index in [9.17, 15) is 22.0 Å². The van der Waals surface area contributed by atoms with Gasteiger partial charge in [0.2, 0.25) is 0 Å². The van der Waals surface area contributed by atoms with Crippen LogP contribution in [-0.2, 0) is 0 Å². The molecular formula is C10H8F5IO. The van der Waals surface area contributed by atoms with Crippen LogP contribution in [0.3, 0.4) is 0 Å². The molecule has 17 heavy (non-hydrogen) atoms. The minimum Gasteiger partial charge on any atom is -0.487 e. The van der Waals surface area contributed by atoms with Crippen molar-refractivity contribution < 1.29 is 26.7 Å². The molecule has 1 rings (SSSR count). The fraction of sp³-hybridized carbons (Fsp3) is 0.400. The third kappa shape index (κ3) is 3.68. The van der Waals surface area contributed by atoms with Crippen molar-refractivity contribution in [3.63, 3.8) is 0 Å². The summed E-state index contributed by atoms with van der Waals surface area (Å²) in [7, 11) is 0. The van der Waals surface area contributed by atoms with Gasteiger partial charge in [-0.05, 0) is 47.2 Å². The highest BCUT2D eigenvalue weighted by Gasteiger charge is 2.58. The molecule has 0 atom stereocenters. The van der Waals surface area contributed by atoms with Crippen LogP contribution in [0.4, 0.5) is 22.0 Å². The van der Waals surface area contributed by atoms with E-state index in [1.807, 2.05) is 22.6 Å². The number of rotatable bonds is 3. The monoisotopic (exact) mass is 366 g/mol. The summed E-state index contributed by atoms with van der Waals surface area (Å²) in [5.74, 6) is -4.82. The molecule has 0 spiro atoms. The van der Waals surface area contributed by atoms with Crippen molar-refractivity contribution in [2.24, 2.45) is 0 Å². The van der Waals surface area contributed by atoms with Crippen LogP contribution >= 0.6 is 22.6 Å². The van der Waals surface area contributed by atoms with Crippen molar-refractivity contribution in [1.82, 2.24) is 0 Å². The predicted octanol–water partition coefficient (Wildman–Crippen LogP) is 4.18. The SMILES string of the molecule is Cc1ccc(I)cc1OCC(F)(F)C(F)(F)F. The van der Waals surface area contributed by atoms with Gasteiger partial charge in [0.05, 0.1) is 0 Å². The lowest BCUT2D eigenvalue weighted by atomic mass is 10.2. The van der Waals surface area contributed by atoms with Gasteiger partial charge in [0.15, 0.2) is 6.61 Å². The van der Waals surface area contributed by atoms with Crippen LogP contribution in [0.25, 0.3) is 0 Å². The van der Waals surface area contributed by atoms with Gasteiger partial charge >= 0.3 is 12.1 Å². The summed E-state index contributed by atoms with van der Waals surface area (Å²) >= 11 is 1.91. The number of alkyl halides is 5. The Labute approximate surface area is 108 Å². The average Bonchev–Trinajstić information content (AvgIpc) is 2.18. The zero-order valence-electron chi connectivity index (χ0n) is 8.62. The third-order valence-corrected chi connectivity index (χ3v) is 2.64. The first-order valence-electron chi connectivity index (χ1n) is 4.47. The third-order valence-electron chi connectivity index (χ3n) is 1.97. The first-order valence-corrected chi connectivity index (χ1v) is 5.55. The smallest absolute Gasteiger partial charge is 0.456 e. The van der Waals surface area contributed by atoms with Crippen LogP contribution in [0.2, 0.25) is 0 Å². The summed E-state index contributed by atoms with van der Waals surface area (Å²) in [6.45, 7) is -0.144. The van der Waals surface area contributed by atoms with Gasteiger partial charge in [0, 0.05) is 3.57 Å². The molecule has 0 unspecified atom stereocenters. The maximum atomic E-state index is 12.6. The molecule has 0 N–H and O–H groups in total. The largest absolute Gasteiger partial charge is 0.487 e. The van der Waals surface area contributed by atoms with Crippen LogP contribution in [0.1, 0.15) is 5.56 Å². The summed E-state index contributed by atoms with van der Waals surface area (Å²) in [6.07, 6.45) is -5.59. The number of hydrogen-bond donors (Lipinski definition) is 0. The van der Waals surface area contributed by atoms with Gasteiger partial charge < -0.3 is 4.74 Å². The lowest BCUT2D eigenvalue weighted by Gasteiger charge is -2.20. The zero-order chi connectivity index (χ0) is 13.3. The Hall–Kier alpha value is -0.600. The second-order valence-electron chi connectivity index (χ2n) is 3.40. The minimum atomic E-state index is -5.59. The van der Waals surface area contributed by atoms with Crippen molar-refractivity contribution in [3.05, 3.63) is 27.3 Å². The van der Waals surface area contributed by atoms with Gasteiger partial charge in [-0.15, -0.1) is 0 Å². The number of hydrogen-bond acceptors (Lipinski definition) is 1. The number of halogens is 6. The first kappa shape index (κ1) is 14.5. The zero-order valence-corrected chi connectivity index (χ0v) is 10.8. The molecule has 0 aliphatic carbocycles. The molecule has 1 aromatic carbocycles. The molecule has 0 saturated carbocycles. The summed E-state index contributed by atoms with van der Waals surface area (Å²) in [4.78, 5) is 0. The maximum Gasteiger partial charge on any atom is 0.456 e. The Morgan fingerprint density at radius 3 is 2.29 bits per heavy atom. The van der Waals surface area contributed by atoms with E-state index >= 15 is 0 Å². The van der Waals surface area contributed by atoms with E-state index in [1.54, 1.807) is 19.1 Å². The Balaban J connectivity index is 2.77. The van der Waals surface area contributed by atoms with E-state index in [2.05, 4.69) is 4.74 Å². The van der Waals surface area contributed by atoms with Crippen molar-refractivity contribution in [2.45, 2.75) is 19.0 Å². The van der Waals surface area contributed by atoms with Crippen molar-refractivity contribution in [3.8, 4) is 5.75 Å². The van der Waals surface area contributed by atoms with Crippen LogP contribution < -0.4 is 4.74 Å². The highest BCUT2D eigenvalue weighted by atomic mass is 127. The van der Waals surface area contributed by atoms with E-state index < -0.39 is 18.7 Å². The molecule has 0 bridgehead atoms. The fourth-order valence-corrected chi connectivity index (χ4v) is 1.44. The normalized spacial score (nSPS) is 12.6. The van der Waals surface area contributed by atoms with Crippen molar-refractivity contribution in [2.75, 3.05) is 6.61 Å². The van der Waals surface area contributed by atoms with E-state index in [0.717, 1.165) is 0 Å². The minimum absolute atomic E-state index is 0.0285. The number of benzene rings is 1. The van der Waals surface area contributed by atoms with E-state index in [-0.39, 0.29) is 5.75 Å². The molecule has 7 heteroatoms. The van der Waals surface area contributed by atoms with Gasteiger partial charge in [-0.3, -0.25) is 0 Å². The van der Waals surface area contributed by atoms with Crippen LogP contribution in [0, 0.1) is 10.5 Å². The predicted molar refractivity (Wildman–Crippen MR) is 60.4 cm³/mol. The first-order chi connectivity index (χ1) is 7.63. The standard InChI is InChI=1S/C10H8F5IO/c1-6-2-3-7(16)4-8(6)17-5-9(11,12)10(13,14)15/h2-4H,5H2,1H3. The molecule has 0 heterocycles. The van der Waals surface area contributed by atoms with Gasteiger partial charge in [-0.2, -0.15) is 22.0 Å². The molecule has 96 valence electrons. The molecule has 0 fully saturated rings. The molecule has 1 nitrogen and oxygen atoms in total. The summed E-state index contributed by atoms with van der Waals surface area (Å²) in [5.41, 5.74) is 0.503. The molecule has 0 aliphatic heterocycles. The Kier molecular flexibility index (Phi) is 4.21. The molecule has 0 amide bonds. The molecule has 0 aliphatic rings. The molecule has 0 aromatic heterocycles. The lowest BCUT2D eigenvalue weighted by Crippen LogP contribution is -2.41. The highest BCUT2D eigenvalue weighted by Crippen LogP contribution is 2.36. The Bertz CT molecular complexity index is 402. The summed E-state index contributed by atoms with van der Waals surface area (Å²) < 4.78 is 66.1.